The number of halogens is 2. The number of benzene rings is 1. The number of hydrogen-bond acceptors (Lipinski definition) is 3. The Morgan fingerprint density at radius 3 is 2.95 bits per heavy atom. The van der Waals surface area contributed by atoms with Crippen LogP contribution in [0.2, 0.25) is 0 Å². The zero-order valence-electron chi connectivity index (χ0n) is 11.2. The summed E-state index contributed by atoms with van der Waals surface area (Å²) in [6, 6.07) is 3.34. The normalized spacial score (nSPS) is 25.9. The van der Waals surface area contributed by atoms with E-state index in [4.69, 9.17) is 0 Å². The predicted molar refractivity (Wildman–Crippen MR) is 73.9 cm³/mol. The molecule has 0 aliphatic heterocycles. The largest absolute Gasteiger partial charge is 0.480 e. The van der Waals surface area contributed by atoms with Crippen LogP contribution in [0.4, 0.5) is 8.78 Å². The average Bonchev–Trinajstić information content (AvgIpc) is 2.79. The lowest BCUT2D eigenvalue weighted by molar-refractivity contribution is -0.144. The van der Waals surface area contributed by atoms with E-state index in [1.807, 2.05) is 6.92 Å². The van der Waals surface area contributed by atoms with E-state index in [9.17, 15) is 18.7 Å². The Morgan fingerprint density at radius 1 is 1.55 bits per heavy atom. The van der Waals surface area contributed by atoms with Gasteiger partial charge in [-0.05, 0) is 44.0 Å². The van der Waals surface area contributed by atoms with Crippen LogP contribution < -0.4 is 5.32 Å². The van der Waals surface area contributed by atoms with Crippen molar-refractivity contribution in [3.63, 3.8) is 0 Å². The number of likely N-dealkylation sites (N-methyl/N-ethyl adjacent to an activating group) is 1. The second-order valence-electron chi connectivity index (χ2n) is 4.97. The van der Waals surface area contributed by atoms with Gasteiger partial charge in [0.2, 0.25) is 0 Å². The molecular formula is C14H17F2NO2S. The number of aliphatic carboxylic acids is 1. The molecule has 2 rings (SSSR count). The SMILES string of the molecule is CCNC1(C(=O)O)CCC(Sc2cc(F)ccc2F)C1. The van der Waals surface area contributed by atoms with Gasteiger partial charge in [-0.2, -0.15) is 0 Å². The lowest BCUT2D eigenvalue weighted by Gasteiger charge is -2.25. The lowest BCUT2D eigenvalue weighted by Crippen LogP contribution is -2.50. The van der Waals surface area contributed by atoms with Gasteiger partial charge in [-0.3, -0.25) is 4.79 Å². The van der Waals surface area contributed by atoms with Gasteiger partial charge in [-0.25, -0.2) is 8.78 Å². The zero-order chi connectivity index (χ0) is 14.8. The average molecular weight is 301 g/mol. The summed E-state index contributed by atoms with van der Waals surface area (Å²) in [5.74, 6) is -1.82. The van der Waals surface area contributed by atoms with E-state index in [0.717, 1.165) is 18.2 Å². The fraction of sp³-hybridized carbons (Fsp3) is 0.500. The molecule has 2 atom stereocenters. The molecule has 0 heterocycles. The second kappa shape index (κ2) is 6.10. The lowest BCUT2D eigenvalue weighted by atomic mass is 9.98. The fourth-order valence-corrected chi connectivity index (χ4v) is 3.94. The highest BCUT2D eigenvalue weighted by atomic mass is 32.2. The third-order valence-electron chi connectivity index (χ3n) is 3.58. The number of carbonyl (C=O) groups is 1. The molecule has 1 fully saturated rings. The molecule has 2 unspecified atom stereocenters. The van der Waals surface area contributed by atoms with Gasteiger partial charge >= 0.3 is 5.97 Å². The van der Waals surface area contributed by atoms with Crippen LogP contribution in [0.5, 0.6) is 0 Å². The van der Waals surface area contributed by atoms with Crippen LogP contribution in [0.3, 0.4) is 0 Å². The van der Waals surface area contributed by atoms with Crippen molar-refractivity contribution in [2.75, 3.05) is 6.54 Å². The van der Waals surface area contributed by atoms with Crippen molar-refractivity contribution >= 4 is 17.7 Å². The van der Waals surface area contributed by atoms with Crippen molar-refractivity contribution < 1.29 is 18.7 Å². The van der Waals surface area contributed by atoms with Gasteiger partial charge in [0.25, 0.3) is 0 Å². The van der Waals surface area contributed by atoms with Gasteiger partial charge < -0.3 is 10.4 Å². The number of thioether (sulfide) groups is 1. The highest BCUT2D eigenvalue weighted by molar-refractivity contribution is 8.00. The van der Waals surface area contributed by atoms with E-state index in [-0.39, 0.29) is 10.1 Å². The third kappa shape index (κ3) is 3.12. The van der Waals surface area contributed by atoms with Gasteiger partial charge in [0.05, 0.1) is 0 Å². The van der Waals surface area contributed by atoms with Crippen molar-refractivity contribution in [3.8, 4) is 0 Å². The van der Waals surface area contributed by atoms with E-state index in [1.165, 1.54) is 11.8 Å². The summed E-state index contributed by atoms with van der Waals surface area (Å²) in [5.41, 5.74) is -0.934. The van der Waals surface area contributed by atoms with Gasteiger partial charge in [0.1, 0.15) is 17.2 Å². The van der Waals surface area contributed by atoms with Gasteiger partial charge in [-0.15, -0.1) is 11.8 Å². The van der Waals surface area contributed by atoms with E-state index < -0.39 is 23.1 Å². The minimum atomic E-state index is -0.934. The molecule has 0 saturated heterocycles. The van der Waals surface area contributed by atoms with Crippen LogP contribution in [0, 0.1) is 11.6 Å². The highest BCUT2D eigenvalue weighted by Gasteiger charge is 2.45. The molecule has 1 saturated carbocycles. The van der Waals surface area contributed by atoms with Crippen LogP contribution in [-0.4, -0.2) is 28.4 Å². The van der Waals surface area contributed by atoms with E-state index in [2.05, 4.69) is 5.32 Å². The maximum absolute atomic E-state index is 13.6. The molecule has 1 aliphatic carbocycles. The van der Waals surface area contributed by atoms with Gasteiger partial charge in [0, 0.05) is 10.1 Å². The summed E-state index contributed by atoms with van der Waals surface area (Å²) in [6.45, 7) is 2.43. The zero-order valence-corrected chi connectivity index (χ0v) is 12.0. The standard InChI is InChI=1S/C14H17F2NO2S/c1-2-17-14(13(18)19)6-5-10(8-14)20-12-7-9(15)3-4-11(12)16/h3-4,7,10,17H,2,5-6,8H2,1H3,(H,18,19). The molecule has 3 nitrogen and oxygen atoms in total. The maximum Gasteiger partial charge on any atom is 0.323 e. The smallest absolute Gasteiger partial charge is 0.323 e. The molecule has 110 valence electrons. The monoisotopic (exact) mass is 301 g/mol. The van der Waals surface area contributed by atoms with Crippen molar-refractivity contribution in [2.24, 2.45) is 0 Å². The van der Waals surface area contributed by atoms with E-state index in [1.54, 1.807) is 0 Å². The predicted octanol–water partition coefficient (Wildman–Crippen LogP) is 3.04. The Kier molecular flexibility index (Phi) is 4.65. The summed E-state index contributed by atoms with van der Waals surface area (Å²) in [7, 11) is 0. The number of hydrogen-bond donors (Lipinski definition) is 2. The molecule has 0 amide bonds. The van der Waals surface area contributed by atoms with Crippen LogP contribution in [-0.2, 0) is 4.79 Å². The van der Waals surface area contributed by atoms with E-state index >= 15 is 0 Å². The van der Waals surface area contributed by atoms with Crippen LogP contribution in [0.15, 0.2) is 23.1 Å². The first kappa shape index (κ1) is 15.3. The van der Waals surface area contributed by atoms with Crippen molar-refractivity contribution in [2.45, 2.75) is 41.9 Å². The Hall–Kier alpha value is -1.14. The molecule has 0 bridgehead atoms. The Balaban J connectivity index is 2.09. The number of rotatable bonds is 5. The molecule has 0 aromatic heterocycles. The maximum atomic E-state index is 13.6. The van der Waals surface area contributed by atoms with Crippen molar-refractivity contribution in [1.29, 1.82) is 0 Å². The molecule has 6 heteroatoms. The molecule has 1 aromatic carbocycles. The fourth-order valence-electron chi connectivity index (χ4n) is 2.62. The minimum absolute atomic E-state index is 0.0264. The summed E-state index contributed by atoms with van der Waals surface area (Å²) in [5, 5.41) is 12.4. The van der Waals surface area contributed by atoms with Crippen LogP contribution >= 0.6 is 11.8 Å². The van der Waals surface area contributed by atoms with Gasteiger partial charge in [-0.1, -0.05) is 6.92 Å². The molecule has 0 spiro atoms. The molecule has 0 radical (unpaired) electrons. The molecule has 1 aliphatic rings. The minimum Gasteiger partial charge on any atom is -0.480 e. The topological polar surface area (TPSA) is 49.3 Å². The Bertz CT molecular complexity index is 512. The van der Waals surface area contributed by atoms with Crippen molar-refractivity contribution in [1.82, 2.24) is 5.32 Å². The Morgan fingerprint density at radius 2 is 2.30 bits per heavy atom. The Labute approximate surface area is 120 Å². The quantitative estimate of drug-likeness (QED) is 0.877. The first-order valence-electron chi connectivity index (χ1n) is 6.57. The summed E-state index contributed by atoms with van der Waals surface area (Å²) in [6.07, 6.45) is 1.58. The summed E-state index contributed by atoms with van der Waals surface area (Å²) >= 11 is 1.22. The highest BCUT2D eigenvalue weighted by Crippen LogP contribution is 2.41. The molecule has 20 heavy (non-hydrogen) atoms. The summed E-state index contributed by atoms with van der Waals surface area (Å²) < 4.78 is 26.7. The number of nitrogens with one attached hydrogen (secondary N) is 1. The second-order valence-corrected chi connectivity index (χ2v) is 6.32. The molecule has 2 N–H and O–H groups in total. The van der Waals surface area contributed by atoms with Gasteiger partial charge in [0.15, 0.2) is 0 Å². The van der Waals surface area contributed by atoms with E-state index in [0.29, 0.717) is 25.8 Å². The van der Waals surface area contributed by atoms with Crippen LogP contribution in [0.1, 0.15) is 26.2 Å². The molecule has 1 aromatic rings. The first-order valence-corrected chi connectivity index (χ1v) is 7.45. The van der Waals surface area contributed by atoms with Crippen LogP contribution in [0.25, 0.3) is 0 Å². The number of carboxylic acids is 1. The van der Waals surface area contributed by atoms with Crippen molar-refractivity contribution in [3.05, 3.63) is 29.8 Å². The molecular weight excluding hydrogens is 284 g/mol. The third-order valence-corrected chi connectivity index (χ3v) is 4.88. The number of carboxylic acid groups (broad SMARTS) is 1. The summed E-state index contributed by atoms with van der Waals surface area (Å²) in [4.78, 5) is 11.7. The first-order chi connectivity index (χ1) is 9.47.